The Balaban J connectivity index is 0.00000128. The summed E-state index contributed by atoms with van der Waals surface area (Å²) in [7, 11) is 0. The second-order valence-corrected chi connectivity index (χ2v) is 3.35. The van der Waals surface area contributed by atoms with Crippen LogP contribution >= 0.6 is 0 Å². The predicted octanol–water partition coefficient (Wildman–Crippen LogP) is -0.656. The monoisotopic (exact) mass is 225 g/mol. The summed E-state index contributed by atoms with van der Waals surface area (Å²) in [6.45, 7) is 3.91. The number of nitrogens with one attached hydrogen (secondary N) is 1. The molecule has 0 saturated heterocycles. The second-order valence-electron chi connectivity index (χ2n) is 3.35. The SMILES string of the molecule is Cc1cc(C)c2ccc(NN=O)nc2n1.[Na+]. The normalized spacial score (nSPS) is 9.62. The number of aryl methyl sites for hydroxylation is 2. The Morgan fingerprint density at radius 2 is 2.00 bits per heavy atom. The number of pyridine rings is 2. The van der Waals surface area contributed by atoms with E-state index >= 15 is 0 Å². The maximum Gasteiger partial charge on any atom is 1.00 e. The Kier molecular flexibility index (Phi) is 4.35. The van der Waals surface area contributed by atoms with Gasteiger partial charge in [0.15, 0.2) is 11.5 Å². The van der Waals surface area contributed by atoms with E-state index in [0.717, 1.165) is 16.6 Å². The van der Waals surface area contributed by atoms with Gasteiger partial charge in [0, 0.05) is 11.1 Å². The number of hydrogen-bond acceptors (Lipinski definition) is 4. The average molecular weight is 225 g/mol. The van der Waals surface area contributed by atoms with Gasteiger partial charge in [-0.15, -0.1) is 4.91 Å². The van der Waals surface area contributed by atoms with Gasteiger partial charge >= 0.3 is 29.6 Å². The third-order valence-electron chi connectivity index (χ3n) is 2.17. The summed E-state index contributed by atoms with van der Waals surface area (Å²) in [5.74, 6) is 0.412. The van der Waals surface area contributed by atoms with Gasteiger partial charge in [0.2, 0.25) is 0 Å². The van der Waals surface area contributed by atoms with Crippen LogP contribution in [0.15, 0.2) is 23.5 Å². The maximum absolute atomic E-state index is 10.0. The fraction of sp³-hybridized carbons (Fsp3) is 0.200. The van der Waals surface area contributed by atoms with Crippen LogP contribution < -0.4 is 35.0 Å². The van der Waals surface area contributed by atoms with Crippen molar-refractivity contribution < 1.29 is 29.6 Å². The second kappa shape index (κ2) is 5.34. The average Bonchev–Trinajstić information content (AvgIpc) is 2.17. The minimum atomic E-state index is 0. The molecule has 2 heterocycles. The van der Waals surface area contributed by atoms with Crippen molar-refractivity contribution in [2.75, 3.05) is 5.43 Å². The molecule has 6 heteroatoms. The van der Waals surface area contributed by atoms with E-state index in [2.05, 4.69) is 20.7 Å². The predicted molar refractivity (Wildman–Crippen MR) is 58.4 cm³/mol. The third-order valence-corrected chi connectivity index (χ3v) is 2.17. The fourth-order valence-electron chi connectivity index (χ4n) is 1.54. The van der Waals surface area contributed by atoms with Crippen molar-refractivity contribution in [3.8, 4) is 0 Å². The van der Waals surface area contributed by atoms with Gasteiger partial charge in [0.25, 0.3) is 0 Å². The van der Waals surface area contributed by atoms with Crippen molar-refractivity contribution in [2.24, 2.45) is 5.29 Å². The van der Waals surface area contributed by atoms with Crippen molar-refractivity contribution in [3.05, 3.63) is 34.4 Å². The molecule has 0 saturated carbocycles. The molecule has 5 nitrogen and oxygen atoms in total. The molecular formula is C10H10N4NaO+. The first-order chi connectivity index (χ1) is 7.20. The molecule has 0 aliphatic heterocycles. The van der Waals surface area contributed by atoms with Gasteiger partial charge in [-0.1, -0.05) is 0 Å². The van der Waals surface area contributed by atoms with Gasteiger partial charge in [-0.2, -0.15) is 0 Å². The molecule has 16 heavy (non-hydrogen) atoms. The van der Waals surface area contributed by atoms with Crippen LogP contribution in [0.1, 0.15) is 11.3 Å². The molecular weight excluding hydrogens is 215 g/mol. The van der Waals surface area contributed by atoms with E-state index in [1.807, 2.05) is 26.0 Å². The van der Waals surface area contributed by atoms with E-state index < -0.39 is 0 Å². The molecule has 2 rings (SSSR count). The van der Waals surface area contributed by atoms with Crippen LogP contribution in [0.25, 0.3) is 11.0 Å². The van der Waals surface area contributed by atoms with Crippen LogP contribution in [0.5, 0.6) is 0 Å². The Hall–Kier alpha value is -1.04. The molecule has 0 fully saturated rings. The summed E-state index contributed by atoms with van der Waals surface area (Å²) < 4.78 is 0. The van der Waals surface area contributed by atoms with Gasteiger partial charge in [-0.3, -0.25) is 0 Å². The van der Waals surface area contributed by atoms with Crippen LogP contribution in [-0.4, -0.2) is 9.97 Å². The van der Waals surface area contributed by atoms with Crippen LogP contribution in [0.3, 0.4) is 0 Å². The Morgan fingerprint density at radius 3 is 2.69 bits per heavy atom. The third kappa shape index (κ3) is 2.55. The Morgan fingerprint density at radius 1 is 1.25 bits per heavy atom. The van der Waals surface area contributed by atoms with Crippen molar-refractivity contribution in [1.82, 2.24) is 9.97 Å². The molecule has 0 aliphatic rings. The van der Waals surface area contributed by atoms with Crippen LogP contribution in [0.4, 0.5) is 5.82 Å². The zero-order valence-corrected chi connectivity index (χ0v) is 11.5. The summed E-state index contributed by atoms with van der Waals surface area (Å²) in [5.41, 5.74) is 4.91. The van der Waals surface area contributed by atoms with Gasteiger partial charge in [-0.25, -0.2) is 15.4 Å². The minimum Gasteiger partial charge on any atom is -0.233 e. The van der Waals surface area contributed by atoms with E-state index in [-0.39, 0.29) is 29.6 Å². The van der Waals surface area contributed by atoms with E-state index in [0.29, 0.717) is 11.5 Å². The van der Waals surface area contributed by atoms with Crippen molar-refractivity contribution in [1.29, 1.82) is 0 Å². The van der Waals surface area contributed by atoms with Gasteiger partial charge in [-0.05, 0) is 37.6 Å². The molecule has 2 aromatic rings. The Bertz CT molecular complexity index is 529. The molecule has 2 aromatic heterocycles. The molecule has 0 atom stereocenters. The summed E-state index contributed by atoms with van der Waals surface area (Å²) in [5, 5.41) is 3.55. The topological polar surface area (TPSA) is 67.2 Å². The van der Waals surface area contributed by atoms with Gasteiger partial charge in [0.05, 0.1) is 5.29 Å². The summed E-state index contributed by atoms with van der Waals surface area (Å²) in [6.07, 6.45) is 0. The zero-order chi connectivity index (χ0) is 10.8. The smallest absolute Gasteiger partial charge is 0.233 e. The largest absolute Gasteiger partial charge is 1.00 e. The molecule has 0 bridgehead atoms. The van der Waals surface area contributed by atoms with Gasteiger partial charge in [0.1, 0.15) is 0 Å². The fourth-order valence-corrected chi connectivity index (χ4v) is 1.54. The first kappa shape index (κ1) is 13.0. The molecule has 0 aromatic carbocycles. The number of hydrogen-bond donors (Lipinski definition) is 1. The quantitative estimate of drug-likeness (QED) is 0.419. The first-order valence-corrected chi connectivity index (χ1v) is 4.54. The number of aromatic nitrogens is 2. The minimum absolute atomic E-state index is 0. The maximum atomic E-state index is 10.0. The van der Waals surface area contributed by atoms with E-state index in [1.165, 1.54) is 0 Å². The number of rotatable bonds is 2. The number of fused-ring (bicyclic) bond motifs is 1. The Labute approximate surface area is 115 Å². The molecule has 1 N–H and O–H groups in total. The van der Waals surface area contributed by atoms with Crippen molar-refractivity contribution >= 4 is 16.9 Å². The summed E-state index contributed by atoms with van der Waals surface area (Å²) in [6, 6.07) is 5.57. The van der Waals surface area contributed by atoms with Crippen LogP contribution in [-0.2, 0) is 0 Å². The number of anilines is 1. The summed E-state index contributed by atoms with van der Waals surface area (Å²) >= 11 is 0. The molecule has 0 spiro atoms. The van der Waals surface area contributed by atoms with Crippen molar-refractivity contribution in [2.45, 2.75) is 13.8 Å². The van der Waals surface area contributed by atoms with E-state index in [1.54, 1.807) is 6.07 Å². The molecule has 76 valence electrons. The van der Waals surface area contributed by atoms with Crippen LogP contribution in [0.2, 0.25) is 0 Å². The zero-order valence-electron chi connectivity index (χ0n) is 9.48. The standard InChI is InChI=1S/C10H10N4O.Na/c1-6-5-7(2)11-10-8(6)3-4-9(12-10)13-14-15;/h3-5H,1-2H3,(H,11,12,13,15);/q;+1. The molecule has 0 unspecified atom stereocenters. The van der Waals surface area contributed by atoms with E-state index in [9.17, 15) is 4.91 Å². The first-order valence-electron chi connectivity index (χ1n) is 4.54. The molecule has 0 radical (unpaired) electrons. The molecule has 0 aliphatic carbocycles. The van der Waals surface area contributed by atoms with Crippen molar-refractivity contribution in [3.63, 3.8) is 0 Å². The van der Waals surface area contributed by atoms with Gasteiger partial charge < -0.3 is 0 Å². The van der Waals surface area contributed by atoms with E-state index in [4.69, 9.17) is 0 Å². The molecule has 0 amide bonds. The summed E-state index contributed by atoms with van der Waals surface area (Å²) in [4.78, 5) is 18.5. The number of nitroso groups, excluding NO2 is 1. The number of nitrogens with zero attached hydrogens (tertiary/aromatic N) is 3. The van der Waals surface area contributed by atoms with Crippen LogP contribution in [0, 0.1) is 18.8 Å².